The lowest BCUT2D eigenvalue weighted by Gasteiger charge is -2.25. The van der Waals surface area contributed by atoms with Gasteiger partial charge in [-0.05, 0) is 44.9 Å². The van der Waals surface area contributed by atoms with Crippen LogP contribution < -0.4 is 5.32 Å². The van der Waals surface area contributed by atoms with E-state index >= 15 is 0 Å². The van der Waals surface area contributed by atoms with Crippen molar-refractivity contribution in [3.05, 3.63) is 36.5 Å². The van der Waals surface area contributed by atoms with E-state index < -0.39 is 20.0 Å². The Hall–Kier alpha value is -1.28. The Kier molecular flexibility index (Phi) is 48.7. The Balaban J connectivity index is 4.27. The van der Waals surface area contributed by atoms with Crippen LogP contribution in [0.2, 0.25) is 0 Å². The third-order valence-electron chi connectivity index (χ3n) is 13.1. The Morgan fingerprint density at radius 2 is 0.821 bits per heavy atom. The van der Waals surface area contributed by atoms with Gasteiger partial charge in [-0.2, -0.15) is 0 Å². The van der Waals surface area contributed by atoms with E-state index in [-0.39, 0.29) is 19.1 Å². The number of nitrogens with one attached hydrogen (secondary N) is 1. The summed E-state index contributed by atoms with van der Waals surface area (Å²) >= 11 is 0. The molecule has 0 rings (SSSR count). The summed E-state index contributed by atoms with van der Waals surface area (Å²) in [6, 6.07) is -0.868. The zero-order valence-electron chi connectivity index (χ0n) is 45.2. The second-order valence-corrected chi connectivity index (χ2v) is 22.5. The summed E-state index contributed by atoms with van der Waals surface area (Å²) in [5.41, 5.74) is 0. The van der Waals surface area contributed by atoms with Gasteiger partial charge in [0, 0.05) is 6.42 Å². The van der Waals surface area contributed by atoms with E-state index in [0.29, 0.717) is 17.4 Å². The van der Waals surface area contributed by atoms with Crippen molar-refractivity contribution in [1.29, 1.82) is 0 Å². The average molecular weight is 967 g/mol. The fourth-order valence-corrected chi connectivity index (χ4v) is 9.28. The maximum atomic E-state index is 13.0. The van der Waals surface area contributed by atoms with E-state index in [9.17, 15) is 19.4 Å². The molecular formula is C58H114N2O6P+. The third kappa shape index (κ3) is 52.4. The van der Waals surface area contributed by atoms with Crippen molar-refractivity contribution in [3.8, 4) is 0 Å². The van der Waals surface area contributed by atoms with E-state index in [4.69, 9.17) is 9.05 Å². The summed E-state index contributed by atoms with van der Waals surface area (Å²) in [4.78, 5) is 23.3. The van der Waals surface area contributed by atoms with Gasteiger partial charge >= 0.3 is 7.82 Å². The number of carbonyl (C=O) groups excluding carboxylic acids is 1. The first-order valence-corrected chi connectivity index (χ1v) is 30.4. The summed E-state index contributed by atoms with van der Waals surface area (Å²) in [5.74, 6) is -0.186. The molecule has 8 nitrogen and oxygen atoms in total. The van der Waals surface area contributed by atoms with Crippen molar-refractivity contribution in [2.75, 3.05) is 40.9 Å². The molecule has 0 fully saturated rings. The quantitative estimate of drug-likeness (QED) is 0.0243. The highest BCUT2D eigenvalue weighted by atomic mass is 31.2. The highest BCUT2D eigenvalue weighted by molar-refractivity contribution is 7.47. The van der Waals surface area contributed by atoms with Gasteiger partial charge in [-0.3, -0.25) is 13.8 Å². The van der Waals surface area contributed by atoms with Gasteiger partial charge in [0.2, 0.25) is 5.91 Å². The monoisotopic (exact) mass is 966 g/mol. The van der Waals surface area contributed by atoms with E-state index in [1.165, 1.54) is 212 Å². The predicted octanol–water partition coefficient (Wildman–Crippen LogP) is 17.4. The maximum absolute atomic E-state index is 13.0. The van der Waals surface area contributed by atoms with Crippen LogP contribution in [0.1, 0.15) is 277 Å². The summed E-state index contributed by atoms with van der Waals surface area (Å²) in [6.45, 7) is 4.83. The van der Waals surface area contributed by atoms with Crippen LogP contribution in [0, 0.1) is 0 Å². The lowest BCUT2D eigenvalue weighted by atomic mass is 10.0. The summed E-state index contributed by atoms with van der Waals surface area (Å²) in [6.07, 6.45) is 63.9. The van der Waals surface area contributed by atoms with Crippen molar-refractivity contribution < 1.29 is 32.9 Å². The number of hydrogen-bond acceptors (Lipinski definition) is 5. The number of quaternary nitrogens is 1. The lowest BCUT2D eigenvalue weighted by Crippen LogP contribution is -2.45. The molecule has 0 aromatic rings. The van der Waals surface area contributed by atoms with E-state index in [2.05, 4.69) is 43.5 Å². The topological polar surface area (TPSA) is 105 Å². The number of allylic oxidation sites excluding steroid dienone is 5. The van der Waals surface area contributed by atoms with Gasteiger partial charge in [-0.1, -0.05) is 262 Å². The molecule has 9 heteroatoms. The smallest absolute Gasteiger partial charge is 0.387 e. The Morgan fingerprint density at radius 1 is 0.493 bits per heavy atom. The number of phosphoric acid groups is 1. The molecule has 0 spiro atoms. The lowest BCUT2D eigenvalue weighted by molar-refractivity contribution is -0.870. The van der Waals surface area contributed by atoms with Crippen molar-refractivity contribution in [1.82, 2.24) is 5.32 Å². The minimum absolute atomic E-state index is 0.0551. The number of carbonyl (C=O) groups is 1. The summed E-state index contributed by atoms with van der Waals surface area (Å²) < 4.78 is 23.7. The number of phosphoric ester groups is 1. The Bertz CT molecular complexity index is 1190. The molecule has 396 valence electrons. The maximum Gasteiger partial charge on any atom is 0.472 e. The normalized spacial score (nSPS) is 14.2. The molecule has 0 aliphatic carbocycles. The molecule has 0 radical (unpaired) electrons. The van der Waals surface area contributed by atoms with Crippen LogP contribution in [0.15, 0.2) is 36.5 Å². The van der Waals surface area contributed by atoms with Crippen molar-refractivity contribution in [3.63, 3.8) is 0 Å². The first-order valence-electron chi connectivity index (χ1n) is 28.9. The van der Waals surface area contributed by atoms with Gasteiger partial charge in [0.25, 0.3) is 0 Å². The molecule has 0 aromatic carbocycles. The predicted molar refractivity (Wildman–Crippen MR) is 291 cm³/mol. The van der Waals surface area contributed by atoms with Gasteiger partial charge in [0.1, 0.15) is 13.2 Å². The van der Waals surface area contributed by atoms with Crippen LogP contribution in [0.5, 0.6) is 0 Å². The number of aliphatic hydroxyl groups excluding tert-OH is 1. The zero-order valence-corrected chi connectivity index (χ0v) is 46.0. The number of likely N-dealkylation sites (N-methyl/N-ethyl adjacent to an activating group) is 1. The van der Waals surface area contributed by atoms with Crippen LogP contribution in [-0.2, 0) is 18.4 Å². The first kappa shape index (κ1) is 65.7. The van der Waals surface area contributed by atoms with Gasteiger partial charge in [0.15, 0.2) is 0 Å². The Labute approximate surface area is 417 Å². The zero-order chi connectivity index (χ0) is 49.2. The van der Waals surface area contributed by atoms with Crippen LogP contribution >= 0.6 is 7.82 Å². The molecule has 0 heterocycles. The number of aliphatic hydroxyl groups is 1. The van der Waals surface area contributed by atoms with Gasteiger partial charge in [-0.25, -0.2) is 4.57 Å². The molecule has 0 saturated carbocycles. The highest BCUT2D eigenvalue weighted by Gasteiger charge is 2.27. The standard InChI is InChI=1S/C58H113N2O6P/c1-6-8-10-12-14-16-18-20-22-24-26-27-28-29-30-31-32-34-35-37-39-41-43-45-47-49-51-57(61)56(55-66-67(63,64)65-54-53-60(3,4)5)59-58(62)52-50-48-46-44-42-40-38-36-33-25-23-21-19-17-15-13-11-9-7-2/h34-35,41,43,49,51,56-57,61H,6-33,36-40,42,44-48,50,52-55H2,1-5H3,(H-,59,62,63,64)/p+1/b35-34+,43-41+,51-49+. The number of rotatable bonds is 53. The highest BCUT2D eigenvalue weighted by Crippen LogP contribution is 2.43. The second-order valence-electron chi connectivity index (χ2n) is 21.0. The van der Waals surface area contributed by atoms with Gasteiger partial charge < -0.3 is 19.8 Å². The number of amides is 1. The SMILES string of the molecule is CCCCCCCCCCCCCCCCCC/C=C/CC/C=C/CC/C=C/C(O)C(COP(=O)(O)OCC[N+](C)(C)C)NC(=O)CCCCCCCCCCCCCCCCCCCCC. The van der Waals surface area contributed by atoms with Crippen LogP contribution in [0.3, 0.4) is 0 Å². The average Bonchev–Trinajstić information content (AvgIpc) is 3.29. The minimum atomic E-state index is -4.36. The molecule has 1 amide bonds. The fourth-order valence-electron chi connectivity index (χ4n) is 8.55. The third-order valence-corrected chi connectivity index (χ3v) is 14.1. The van der Waals surface area contributed by atoms with Crippen LogP contribution in [0.25, 0.3) is 0 Å². The fraction of sp³-hybridized carbons (Fsp3) is 0.879. The summed E-state index contributed by atoms with van der Waals surface area (Å²) in [5, 5.41) is 13.9. The van der Waals surface area contributed by atoms with Crippen molar-refractivity contribution in [2.45, 2.75) is 289 Å². The van der Waals surface area contributed by atoms with Crippen LogP contribution in [0.4, 0.5) is 0 Å². The molecule has 0 bridgehead atoms. The van der Waals surface area contributed by atoms with Crippen LogP contribution in [-0.4, -0.2) is 73.4 Å². The minimum Gasteiger partial charge on any atom is -0.387 e. The first-order chi connectivity index (χ1) is 32.5. The number of hydrogen-bond donors (Lipinski definition) is 3. The van der Waals surface area contributed by atoms with Crippen molar-refractivity contribution >= 4 is 13.7 Å². The molecule has 0 aliphatic heterocycles. The molecular weight excluding hydrogens is 852 g/mol. The molecule has 0 saturated heterocycles. The van der Waals surface area contributed by atoms with Crippen molar-refractivity contribution in [2.24, 2.45) is 0 Å². The van der Waals surface area contributed by atoms with E-state index in [0.717, 1.165) is 44.9 Å². The van der Waals surface area contributed by atoms with Gasteiger partial charge in [-0.15, -0.1) is 0 Å². The molecule has 0 aromatic heterocycles. The Morgan fingerprint density at radius 3 is 1.19 bits per heavy atom. The number of nitrogens with zero attached hydrogens (tertiary/aromatic N) is 1. The molecule has 3 atom stereocenters. The van der Waals surface area contributed by atoms with E-state index in [1.54, 1.807) is 6.08 Å². The molecule has 0 aliphatic rings. The van der Waals surface area contributed by atoms with Gasteiger partial charge in [0.05, 0.1) is 39.9 Å². The molecule has 3 N–H and O–H groups in total. The second kappa shape index (κ2) is 49.7. The molecule has 67 heavy (non-hydrogen) atoms. The largest absolute Gasteiger partial charge is 0.472 e. The van der Waals surface area contributed by atoms with E-state index in [1.807, 2.05) is 27.2 Å². The molecule has 3 unspecified atom stereocenters. The number of unbranched alkanes of at least 4 members (excludes halogenated alkanes) is 36. The summed E-state index contributed by atoms with van der Waals surface area (Å²) in [7, 11) is 1.56.